The standard InChI is InChI=1S/C14H20ClN3O2/c1-8(2)17-14(20)16-7-12(19)18-13-10(4)5-9(3)6-11(13)15/h5-6,8H,7H2,1-4H3,(H,18,19)(H2,16,17,20). The second-order valence-electron chi connectivity index (χ2n) is 4.97. The van der Waals surface area contributed by atoms with Crippen molar-refractivity contribution in [2.45, 2.75) is 33.7 Å². The number of hydrogen-bond donors (Lipinski definition) is 3. The Bertz CT molecular complexity index is 492. The Morgan fingerprint density at radius 2 is 1.90 bits per heavy atom. The van der Waals surface area contributed by atoms with Crippen molar-refractivity contribution in [1.82, 2.24) is 10.6 Å². The van der Waals surface area contributed by atoms with E-state index in [0.717, 1.165) is 11.1 Å². The fourth-order valence-electron chi connectivity index (χ4n) is 1.73. The summed E-state index contributed by atoms with van der Waals surface area (Å²) in [6.07, 6.45) is 0. The number of urea groups is 1. The molecule has 6 heteroatoms. The first-order valence-corrected chi connectivity index (χ1v) is 6.78. The van der Waals surface area contributed by atoms with E-state index >= 15 is 0 Å². The van der Waals surface area contributed by atoms with Crippen molar-refractivity contribution in [1.29, 1.82) is 0 Å². The molecule has 0 atom stereocenters. The molecule has 0 aliphatic rings. The Labute approximate surface area is 124 Å². The van der Waals surface area contributed by atoms with Crippen molar-refractivity contribution in [3.8, 4) is 0 Å². The van der Waals surface area contributed by atoms with Gasteiger partial charge in [0.15, 0.2) is 0 Å². The normalized spacial score (nSPS) is 10.3. The number of amides is 3. The number of rotatable bonds is 4. The summed E-state index contributed by atoms with van der Waals surface area (Å²) < 4.78 is 0. The minimum Gasteiger partial charge on any atom is -0.336 e. The summed E-state index contributed by atoms with van der Waals surface area (Å²) in [7, 11) is 0. The van der Waals surface area contributed by atoms with E-state index in [0.29, 0.717) is 10.7 Å². The Morgan fingerprint density at radius 3 is 2.45 bits per heavy atom. The van der Waals surface area contributed by atoms with Crippen molar-refractivity contribution in [2.75, 3.05) is 11.9 Å². The summed E-state index contributed by atoms with van der Waals surface area (Å²) >= 11 is 6.10. The average molecular weight is 298 g/mol. The van der Waals surface area contributed by atoms with E-state index in [-0.39, 0.29) is 24.5 Å². The van der Waals surface area contributed by atoms with Crippen molar-refractivity contribution in [3.05, 3.63) is 28.3 Å². The molecule has 5 nitrogen and oxygen atoms in total. The van der Waals surface area contributed by atoms with Gasteiger partial charge in [-0.25, -0.2) is 4.79 Å². The van der Waals surface area contributed by atoms with Gasteiger partial charge in [-0.1, -0.05) is 17.7 Å². The third kappa shape index (κ3) is 5.09. The molecule has 0 fully saturated rings. The van der Waals surface area contributed by atoms with Crippen LogP contribution in [0.4, 0.5) is 10.5 Å². The van der Waals surface area contributed by atoms with E-state index in [2.05, 4.69) is 16.0 Å². The third-order valence-electron chi connectivity index (χ3n) is 2.53. The number of aryl methyl sites for hydroxylation is 2. The van der Waals surface area contributed by atoms with E-state index in [4.69, 9.17) is 11.6 Å². The van der Waals surface area contributed by atoms with Crippen LogP contribution in [0.3, 0.4) is 0 Å². The Balaban J connectivity index is 2.57. The number of benzene rings is 1. The number of hydrogen-bond acceptors (Lipinski definition) is 2. The predicted molar refractivity (Wildman–Crippen MR) is 81.2 cm³/mol. The molecule has 0 radical (unpaired) electrons. The highest BCUT2D eigenvalue weighted by molar-refractivity contribution is 6.34. The molecule has 0 aromatic heterocycles. The van der Waals surface area contributed by atoms with Gasteiger partial charge in [-0.15, -0.1) is 0 Å². The maximum atomic E-state index is 11.8. The molecule has 0 saturated heterocycles. The molecule has 1 aromatic carbocycles. The molecule has 0 saturated carbocycles. The first-order valence-electron chi connectivity index (χ1n) is 6.40. The lowest BCUT2D eigenvalue weighted by Gasteiger charge is -2.13. The first-order chi connectivity index (χ1) is 9.29. The van der Waals surface area contributed by atoms with E-state index in [9.17, 15) is 9.59 Å². The van der Waals surface area contributed by atoms with Crippen LogP contribution in [-0.2, 0) is 4.79 Å². The van der Waals surface area contributed by atoms with Gasteiger partial charge in [-0.3, -0.25) is 4.79 Å². The highest BCUT2D eigenvalue weighted by Gasteiger charge is 2.10. The molecule has 0 spiro atoms. The number of carbonyl (C=O) groups is 2. The fourth-order valence-corrected chi connectivity index (χ4v) is 2.10. The van der Waals surface area contributed by atoms with Gasteiger partial charge >= 0.3 is 6.03 Å². The van der Waals surface area contributed by atoms with Crippen molar-refractivity contribution in [2.24, 2.45) is 0 Å². The van der Waals surface area contributed by atoms with Gasteiger partial charge in [0.1, 0.15) is 0 Å². The van der Waals surface area contributed by atoms with Crippen LogP contribution < -0.4 is 16.0 Å². The van der Waals surface area contributed by atoms with E-state index in [1.165, 1.54) is 0 Å². The van der Waals surface area contributed by atoms with Gasteiger partial charge in [-0.2, -0.15) is 0 Å². The Hall–Kier alpha value is -1.75. The molecular formula is C14H20ClN3O2. The summed E-state index contributed by atoms with van der Waals surface area (Å²) in [4.78, 5) is 23.1. The quantitative estimate of drug-likeness (QED) is 0.799. The van der Waals surface area contributed by atoms with Crippen LogP contribution in [0.2, 0.25) is 5.02 Å². The molecule has 0 aliphatic heterocycles. The zero-order valence-corrected chi connectivity index (χ0v) is 12.9. The van der Waals surface area contributed by atoms with Gasteiger partial charge in [0.2, 0.25) is 5.91 Å². The SMILES string of the molecule is Cc1cc(C)c(NC(=O)CNC(=O)NC(C)C)c(Cl)c1. The smallest absolute Gasteiger partial charge is 0.315 e. The monoisotopic (exact) mass is 297 g/mol. The van der Waals surface area contributed by atoms with Crippen LogP contribution in [0.25, 0.3) is 0 Å². The lowest BCUT2D eigenvalue weighted by molar-refractivity contribution is -0.115. The summed E-state index contributed by atoms with van der Waals surface area (Å²) in [5.74, 6) is -0.322. The maximum absolute atomic E-state index is 11.8. The average Bonchev–Trinajstić information content (AvgIpc) is 2.30. The summed E-state index contributed by atoms with van der Waals surface area (Å²) in [5, 5.41) is 8.30. The van der Waals surface area contributed by atoms with Crippen LogP contribution in [0.1, 0.15) is 25.0 Å². The van der Waals surface area contributed by atoms with Crippen molar-refractivity contribution >= 4 is 29.2 Å². The zero-order chi connectivity index (χ0) is 15.3. The summed E-state index contributed by atoms with van der Waals surface area (Å²) in [5.41, 5.74) is 2.49. The fraction of sp³-hybridized carbons (Fsp3) is 0.429. The molecule has 0 heterocycles. The molecule has 3 N–H and O–H groups in total. The van der Waals surface area contributed by atoms with E-state index in [1.807, 2.05) is 33.8 Å². The second-order valence-corrected chi connectivity index (χ2v) is 5.38. The molecule has 110 valence electrons. The molecule has 0 aliphatic carbocycles. The van der Waals surface area contributed by atoms with Gasteiger partial charge in [0.05, 0.1) is 17.3 Å². The topological polar surface area (TPSA) is 70.2 Å². The predicted octanol–water partition coefficient (Wildman–Crippen LogP) is 2.60. The number of halogens is 1. The molecule has 0 unspecified atom stereocenters. The van der Waals surface area contributed by atoms with Gasteiger partial charge < -0.3 is 16.0 Å². The lowest BCUT2D eigenvalue weighted by Crippen LogP contribution is -2.42. The first kappa shape index (κ1) is 16.3. The molecule has 20 heavy (non-hydrogen) atoms. The molecule has 1 aromatic rings. The largest absolute Gasteiger partial charge is 0.336 e. The van der Waals surface area contributed by atoms with Gasteiger partial charge in [-0.05, 0) is 44.9 Å². The number of anilines is 1. The van der Waals surface area contributed by atoms with Crippen LogP contribution >= 0.6 is 11.6 Å². The van der Waals surface area contributed by atoms with Crippen LogP contribution in [0, 0.1) is 13.8 Å². The Morgan fingerprint density at radius 1 is 1.25 bits per heavy atom. The minimum atomic E-state index is -0.373. The number of nitrogens with one attached hydrogen (secondary N) is 3. The van der Waals surface area contributed by atoms with Crippen molar-refractivity contribution in [3.63, 3.8) is 0 Å². The van der Waals surface area contributed by atoms with Crippen LogP contribution in [0.5, 0.6) is 0 Å². The molecule has 3 amide bonds. The molecular weight excluding hydrogens is 278 g/mol. The lowest BCUT2D eigenvalue weighted by atomic mass is 10.1. The molecule has 1 rings (SSSR count). The highest BCUT2D eigenvalue weighted by Crippen LogP contribution is 2.27. The van der Waals surface area contributed by atoms with Crippen LogP contribution in [-0.4, -0.2) is 24.5 Å². The van der Waals surface area contributed by atoms with E-state index in [1.54, 1.807) is 6.07 Å². The van der Waals surface area contributed by atoms with E-state index < -0.39 is 0 Å². The molecule has 0 bridgehead atoms. The van der Waals surface area contributed by atoms with Gasteiger partial charge in [0.25, 0.3) is 0 Å². The Kier molecular flexibility index (Phi) is 5.82. The zero-order valence-electron chi connectivity index (χ0n) is 12.1. The summed E-state index contributed by atoms with van der Waals surface area (Å²) in [6, 6.07) is 3.36. The van der Waals surface area contributed by atoms with Crippen LogP contribution in [0.15, 0.2) is 12.1 Å². The second kappa shape index (κ2) is 7.14. The van der Waals surface area contributed by atoms with Gasteiger partial charge in [0, 0.05) is 6.04 Å². The number of carbonyl (C=O) groups excluding carboxylic acids is 2. The minimum absolute atomic E-state index is 0.0202. The summed E-state index contributed by atoms with van der Waals surface area (Å²) in [6.45, 7) is 7.38. The van der Waals surface area contributed by atoms with Crippen molar-refractivity contribution < 1.29 is 9.59 Å². The maximum Gasteiger partial charge on any atom is 0.315 e. The highest BCUT2D eigenvalue weighted by atomic mass is 35.5. The third-order valence-corrected chi connectivity index (χ3v) is 2.82.